The number of urea groups is 1. The Morgan fingerprint density at radius 1 is 1.26 bits per heavy atom. The minimum absolute atomic E-state index is 0.245. The number of anilines is 1. The van der Waals surface area contributed by atoms with E-state index >= 15 is 0 Å². The zero-order valence-electron chi connectivity index (χ0n) is 13.3. The fourth-order valence-electron chi connectivity index (χ4n) is 4.12. The molecule has 1 heterocycles. The van der Waals surface area contributed by atoms with Crippen LogP contribution in [-0.4, -0.2) is 31.9 Å². The standard InChI is InChI=1S/C18H24N2O3/c19-18(21)20(9-8-17-15-2-1-3-16(15)17)12-4-6-13(7-5-12)22-10-14-11-23-14/h4-7,14-17H,1-3,8-11H2,(H2,19,21). The minimum atomic E-state index is -0.379. The van der Waals surface area contributed by atoms with Crippen LogP contribution in [0, 0.1) is 17.8 Å². The van der Waals surface area contributed by atoms with E-state index in [1.54, 1.807) is 4.90 Å². The number of carbonyl (C=O) groups excluding carboxylic acids is 1. The average Bonchev–Trinajstić information content (AvgIpc) is 3.45. The van der Waals surface area contributed by atoms with Gasteiger partial charge in [0.2, 0.25) is 0 Å². The van der Waals surface area contributed by atoms with Gasteiger partial charge in [0.05, 0.1) is 6.61 Å². The number of primary amides is 1. The van der Waals surface area contributed by atoms with Gasteiger partial charge in [-0.3, -0.25) is 4.90 Å². The fraction of sp³-hybridized carbons (Fsp3) is 0.611. The number of epoxide rings is 1. The number of nitrogens with two attached hydrogens (primary N) is 1. The van der Waals surface area contributed by atoms with Crippen LogP contribution in [0.2, 0.25) is 0 Å². The molecule has 0 radical (unpaired) electrons. The van der Waals surface area contributed by atoms with Crippen molar-refractivity contribution in [1.29, 1.82) is 0 Å². The van der Waals surface area contributed by atoms with Crippen molar-refractivity contribution >= 4 is 11.7 Å². The summed E-state index contributed by atoms with van der Waals surface area (Å²) in [4.78, 5) is 13.5. The number of benzene rings is 1. The van der Waals surface area contributed by atoms with Crippen molar-refractivity contribution in [3.8, 4) is 5.75 Å². The third-order valence-electron chi connectivity index (χ3n) is 5.52. The smallest absolute Gasteiger partial charge is 0.319 e. The third kappa shape index (κ3) is 3.29. The molecular weight excluding hydrogens is 292 g/mol. The fourth-order valence-corrected chi connectivity index (χ4v) is 4.12. The van der Waals surface area contributed by atoms with E-state index in [4.69, 9.17) is 15.2 Å². The van der Waals surface area contributed by atoms with Crippen LogP contribution in [-0.2, 0) is 4.74 Å². The maximum absolute atomic E-state index is 11.8. The van der Waals surface area contributed by atoms with Crippen LogP contribution in [0.4, 0.5) is 10.5 Å². The van der Waals surface area contributed by atoms with E-state index in [1.165, 1.54) is 19.3 Å². The van der Waals surface area contributed by atoms with Crippen molar-refractivity contribution < 1.29 is 14.3 Å². The molecule has 5 heteroatoms. The van der Waals surface area contributed by atoms with E-state index in [2.05, 4.69) is 0 Å². The molecule has 3 unspecified atom stereocenters. The largest absolute Gasteiger partial charge is 0.491 e. The molecule has 0 spiro atoms. The van der Waals surface area contributed by atoms with Crippen molar-refractivity contribution in [2.45, 2.75) is 31.8 Å². The number of hydrogen-bond donors (Lipinski definition) is 1. The van der Waals surface area contributed by atoms with Gasteiger partial charge in [0.1, 0.15) is 18.5 Å². The maximum atomic E-state index is 11.8. The van der Waals surface area contributed by atoms with Crippen LogP contribution in [0.1, 0.15) is 25.7 Å². The van der Waals surface area contributed by atoms with E-state index in [9.17, 15) is 4.79 Å². The Labute approximate surface area is 136 Å². The normalized spacial score (nSPS) is 30.6. The van der Waals surface area contributed by atoms with Gasteiger partial charge >= 0.3 is 6.03 Å². The minimum Gasteiger partial charge on any atom is -0.491 e. The van der Waals surface area contributed by atoms with E-state index in [0.29, 0.717) is 13.2 Å². The number of fused-ring (bicyclic) bond motifs is 1. The summed E-state index contributed by atoms with van der Waals surface area (Å²) in [6, 6.07) is 7.21. The summed E-state index contributed by atoms with van der Waals surface area (Å²) < 4.78 is 10.7. The molecule has 1 aromatic carbocycles. The van der Waals surface area contributed by atoms with Crippen molar-refractivity contribution in [3.05, 3.63) is 24.3 Å². The van der Waals surface area contributed by atoms with Crippen LogP contribution < -0.4 is 15.4 Å². The Kier molecular flexibility index (Phi) is 3.89. The second kappa shape index (κ2) is 6.04. The molecule has 2 amide bonds. The molecule has 3 aliphatic rings. The second-order valence-electron chi connectivity index (χ2n) is 6.96. The number of nitrogens with zero attached hydrogens (tertiary/aromatic N) is 1. The lowest BCUT2D eigenvalue weighted by molar-refractivity contribution is 0.253. The lowest BCUT2D eigenvalue weighted by Crippen LogP contribution is -2.36. The first-order valence-corrected chi connectivity index (χ1v) is 8.64. The first-order valence-electron chi connectivity index (χ1n) is 8.64. The topological polar surface area (TPSA) is 68.1 Å². The zero-order valence-corrected chi connectivity index (χ0v) is 13.3. The summed E-state index contributed by atoms with van der Waals surface area (Å²) in [5, 5.41) is 0. The van der Waals surface area contributed by atoms with Gasteiger partial charge in [-0.1, -0.05) is 6.42 Å². The maximum Gasteiger partial charge on any atom is 0.319 e. The van der Waals surface area contributed by atoms with E-state index in [-0.39, 0.29) is 12.1 Å². The number of amides is 2. The van der Waals surface area contributed by atoms with Crippen molar-refractivity contribution in [1.82, 2.24) is 0 Å². The highest BCUT2D eigenvalue weighted by Crippen LogP contribution is 2.59. The molecule has 1 aromatic rings. The predicted octanol–water partition coefficient (Wildman–Crippen LogP) is 2.79. The number of carbonyl (C=O) groups is 1. The Hall–Kier alpha value is -1.75. The van der Waals surface area contributed by atoms with Gasteiger partial charge in [-0.05, 0) is 61.3 Å². The Balaban J connectivity index is 1.33. The third-order valence-corrected chi connectivity index (χ3v) is 5.52. The summed E-state index contributed by atoms with van der Waals surface area (Å²) in [5.41, 5.74) is 6.42. The Bertz CT molecular complexity index is 560. The first-order chi connectivity index (χ1) is 11.2. The summed E-state index contributed by atoms with van der Waals surface area (Å²) in [5.74, 6) is 3.45. The van der Waals surface area contributed by atoms with Crippen molar-refractivity contribution in [2.24, 2.45) is 23.5 Å². The van der Waals surface area contributed by atoms with Crippen LogP contribution in [0.15, 0.2) is 24.3 Å². The molecule has 124 valence electrons. The molecule has 2 saturated carbocycles. The molecule has 2 aliphatic carbocycles. The number of rotatable bonds is 7. The van der Waals surface area contributed by atoms with Gasteiger partial charge in [0.15, 0.2) is 0 Å². The average molecular weight is 316 g/mol. The molecule has 0 bridgehead atoms. The van der Waals surface area contributed by atoms with Gasteiger partial charge in [-0.15, -0.1) is 0 Å². The monoisotopic (exact) mass is 316 g/mol. The Morgan fingerprint density at radius 2 is 1.96 bits per heavy atom. The predicted molar refractivity (Wildman–Crippen MR) is 87.5 cm³/mol. The second-order valence-corrected chi connectivity index (χ2v) is 6.96. The molecule has 4 rings (SSSR count). The van der Waals surface area contributed by atoms with Gasteiger partial charge in [-0.25, -0.2) is 4.79 Å². The van der Waals surface area contributed by atoms with Crippen LogP contribution in [0.25, 0.3) is 0 Å². The molecule has 0 aromatic heterocycles. The van der Waals surface area contributed by atoms with Gasteiger partial charge in [0.25, 0.3) is 0 Å². The first kappa shape index (κ1) is 14.8. The summed E-state index contributed by atoms with van der Waals surface area (Å²) in [7, 11) is 0. The molecule has 3 atom stereocenters. The summed E-state index contributed by atoms with van der Waals surface area (Å²) in [6.07, 6.45) is 5.45. The van der Waals surface area contributed by atoms with Gasteiger partial charge < -0.3 is 15.2 Å². The summed E-state index contributed by atoms with van der Waals surface area (Å²) in [6.45, 7) is 2.09. The lowest BCUT2D eigenvalue weighted by Gasteiger charge is -2.21. The molecular formula is C18H24N2O3. The summed E-state index contributed by atoms with van der Waals surface area (Å²) >= 11 is 0. The van der Waals surface area contributed by atoms with Crippen molar-refractivity contribution in [2.75, 3.05) is 24.7 Å². The van der Waals surface area contributed by atoms with Crippen molar-refractivity contribution in [3.63, 3.8) is 0 Å². The van der Waals surface area contributed by atoms with Crippen LogP contribution in [0.3, 0.4) is 0 Å². The van der Waals surface area contributed by atoms with E-state index < -0.39 is 0 Å². The van der Waals surface area contributed by atoms with E-state index in [1.807, 2.05) is 24.3 Å². The highest BCUT2D eigenvalue weighted by Gasteiger charge is 2.51. The lowest BCUT2D eigenvalue weighted by atomic mass is 10.1. The highest BCUT2D eigenvalue weighted by molar-refractivity contribution is 5.90. The van der Waals surface area contributed by atoms with E-state index in [0.717, 1.165) is 42.2 Å². The molecule has 5 nitrogen and oxygen atoms in total. The number of hydrogen-bond acceptors (Lipinski definition) is 3. The van der Waals surface area contributed by atoms with Crippen LogP contribution in [0.5, 0.6) is 5.75 Å². The van der Waals surface area contributed by atoms with Crippen LogP contribution >= 0.6 is 0 Å². The van der Waals surface area contributed by atoms with Gasteiger partial charge in [-0.2, -0.15) is 0 Å². The quantitative estimate of drug-likeness (QED) is 0.787. The molecule has 23 heavy (non-hydrogen) atoms. The number of ether oxygens (including phenoxy) is 2. The Morgan fingerprint density at radius 3 is 2.57 bits per heavy atom. The SMILES string of the molecule is NC(=O)N(CCC1C2CCCC21)c1ccc(OCC2CO2)cc1. The molecule has 1 saturated heterocycles. The highest BCUT2D eigenvalue weighted by atomic mass is 16.6. The zero-order chi connectivity index (χ0) is 15.8. The van der Waals surface area contributed by atoms with Gasteiger partial charge in [0, 0.05) is 12.2 Å². The molecule has 2 N–H and O–H groups in total. The molecule has 3 fully saturated rings. The molecule has 1 aliphatic heterocycles.